The van der Waals surface area contributed by atoms with Gasteiger partial charge in [0.1, 0.15) is 11.4 Å². The van der Waals surface area contributed by atoms with Gasteiger partial charge in [-0.25, -0.2) is 0 Å². The average molecular weight is 454 g/mol. The third-order valence-corrected chi connectivity index (χ3v) is 6.64. The number of benzene rings is 2. The minimum Gasteiger partial charge on any atom is -0.497 e. The molecular formula is C25H28ClN3O3. The first-order chi connectivity index (χ1) is 15.4. The Balaban J connectivity index is 1.30. The minimum absolute atomic E-state index is 0.00143. The van der Waals surface area contributed by atoms with Gasteiger partial charge in [-0.05, 0) is 54.7 Å². The summed E-state index contributed by atoms with van der Waals surface area (Å²) in [5, 5.41) is 4.69. The summed E-state index contributed by atoms with van der Waals surface area (Å²) in [6, 6.07) is 15.1. The lowest BCUT2D eigenvalue weighted by Crippen LogP contribution is -2.42. The Morgan fingerprint density at radius 2 is 1.88 bits per heavy atom. The van der Waals surface area contributed by atoms with Gasteiger partial charge >= 0.3 is 0 Å². The number of H-pyrrole nitrogens is 1. The smallest absolute Gasteiger partial charge is 0.270 e. The fraction of sp³-hybridized carbons (Fsp3) is 0.360. The lowest BCUT2D eigenvalue weighted by atomic mass is 9.84. The number of carbonyl (C=O) groups excluding carboxylic acids is 2. The highest BCUT2D eigenvalue weighted by Gasteiger charge is 2.30. The van der Waals surface area contributed by atoms with E-state index >= 15 is 0 Å². The number of hydrogen-bond acceptors (Lipinski definition) is 3. The third-order valence-electron chi connectivity index (χ3n) is 6.39. The number of carbonyl (C=O) groups is 2. The van der Waals surface area contributed by atoms with Crippen molar-refractivity contribution in [3.8, 4) is 5.75 Å². The summed E-state index contributed by atoms with van der Waals surface area (Å²) in [5.74, 6) is 0.964. The van der Waals surface area contributed by atoms with Crippen LogP contribution >= 0.6 is 11.6 Å². The van der Waals surface area contributed by atoms with Gasteiger partial charge in [-0.15, -0.1) is 0 Å². The van der Waals surface area contributed by atoms with E-state index in [1.807, 2.05) is 60.4 Å². The van der Waals surface area contributed by atoms with Crippen LogP contribution in [0.3, 0.4) is 0 Å². The molecule has 1 unspecified atom stereocenters. The monoisotopic (exact) mass is 453 g/mol. The molecule has 6 nitrogen and oxygen atoms in total. The maximum Gasteiger partial charge on any atom is 0.270 e. The molecule has 7 heteroatoms. The molecule has 1 fully saturated rings. The maximum absolute atomic E-state index is 13.0. The summed E-state index contributed by atoms with van der Waals surface area (Å²) in [4.78, 5) is 30.7. The molecule has 0 bridgehead atoms. The Bertz CT molecular complexity index is 1100. The normalized spacial score (nSPS) is 15.5. The average Bonchev–Trinajstić information content (AvgIpc) is 3.26. The molecular weight excluding hydrogens is 426 g/mol. The van der Waals surface area contributed by atoms with E-state index < -0.39 is 0 Å². The second-order valence-electron chi connectivity index (χ2n) is 8.40. The largest absolute Gasteiger partial charge is 0.497 e. The van der Waals surface area contributed by atoms with E-state index in [0.717, 1.165) is 35.1 Å². The molecule has 1 saturated heterocycles. The third kappa shape index (κ3) is 4.91. The van der Waals surface area contributed by atoms with Crippen LogP contribution in [0.5, 0.6) is 5.75 Å². The molecule has 1 aliphatic heterocycles. The van der Waals surface area contributed by atoms with Crippen LogP contribution in [0.15, 0.2) is 48.5 Å². The summed E-state index contributed by atoms with van der Waals surface area (Å²) >= 11 is 5.91. The van der Waals surface area contributed by atoms with E-state index in [4.69, 9.17) is 16.3 Å². The van der Waals surface area contributed by atoms with E-state index in [1.54, 1.807) is 7.11 Å². The number of aromatic amines is 1. The molecule has 0 saturated carbocycles. The Morgan fingerprint density at radius 1 is 1.16 bits per heavy atom. The van der Waals surface area contributed by atoms with Crippen molar-refractivity contribution >= 4 is 34.3 Å². The molecule has 3 aromatic rings. The summed E-state index contributed by atoms with van der Waals surface area (Å²) in [6.45, 7) is 3.77. The number of methoxy groups -OCH3 is 1. The molecule has 168 valence electrons. The fourth-order valence-electron chi connectivity index (χ4n) is 4.29. The molecule has 0 aliphatic carbocycles. The van der Waals surface area contributed by atoms with E-state index in [9.17, 15) is 9.59 Å². The molecule has 2 amide bonds. The first-order valence-electron chi connectivity index (χ1n) is 10.9. The molecule has 4 rings (SSSR count). The molecule has 2 N–H and O–H groups in total. The molecule has 0 radical (unpaired) electrons. The molecule has 1 aromatic heterocycles. The Morgan fingerprint density at radius 3 is 2.56 bits per heavy atom. The minimum atomic E-state index is -0.0971. The second-order valence-corrected chi connectivity index (χ2v) is 8.84. The second kappa shape index (κ2) is 9.65. The number of nitrogens with one attached hydrogen (secondary N) is 2. The zero-order valence-electron chi connectivity index (χ0n) is 18.4. The zero-order chi connectivity index (χ0) is 22.7. The van der Waals surface area contributed by atoms with Crippen LogP contribution in [-0.2, 0) is 11.3 Å². The SMILES string of the molecule is COc1ccc2cc(C(=O)N3CCC(C(C)C(=O)NCc4ccc(Cl)cc4)CC3)[nH]c2c1. The summed E-state index contributed by atoms with van der Waals surface area (Å²) in [6.07, 6.45) is 1.63. The quantitative estimate of drug-likeness (QED) is 0.571. The number of nitrogens with zero attached hydrogens (tertiary/aromatic N) is 1. The van der Waals surface area contributed by atoms with Crippen LogP contribution < -0.4 is 10.1 Å². The van der Waals surface area contributed by atoms with Crippen molar-refractivity contribution in [2.24, 2.45) is 11.8 Å². The van der Waals surface area contributed by atoms with Crippen molar-refractivity contribution in [1.82, 2.24) is 15.2 Å². The Labute approximate surface area is 192 Å². The Hall–Kier alpha value is -2.99. The number of aromatic nitrogens is 1. The number of hydrogen-bond donors (Lipinski definition) is 2. The number of rotatable bonds is 6. The maximum atomic E-state index is 13.0. The highest BCUT2D eigenvalue weighted by Crippen LogP contribution is 2.27. The van der Waals surface area contributed by atoms with Crippen LogP contribution in [0, 0.1) is 11.8 Å². The van der Waals surface area contributed by atoms with Gasteiger partial charge in [-0.3, -0.25) is 9.59 Å². The van der Waals surface area contributed by atoms with Crippen molar-refractivity contribution in [3.63, 3.8) is 0 Å². The summed E-state index contributed by atoms with van der Waals surface area (Å²) in [7, 11) is 1.62. The van der Waals surface area contributed by atoms with E-state index in [-0.39, 0.29) is 23.7 Å². The van der Waals surface area contributed by atoms with Crippen molar-refractivity contribution in [2.45, 2.75) is 26.3 Å². The van der Waals surface area contributed by atoms with Crippen LogP contribution in [0.25, 0.3) is 10.9 Å². The van der Waals surface area contributed by atoms with Gasteiger partial charge in [0.15, 0.2) is 0 Å². The predicted molar refractivity (Wildman–Crippen MR) is 126 cm³/mol. The molecule has 1 aliphatic rings. The van der Waals surface area contributed by atoms with Crippen molar-refractivity contribution in [1.29, 1.82) is 0 Å². The number of ether oxygens (including phenoxy) is 1. The number of piperidine rings is 1. The van der Waals surface area contributed by atoms with E-state index in [1.165, 1.54) is 0 Å². The number of halogens is 1. The topological polar surface area (TPSA) is 74.4 Å². The van der Waals surface area contributed by atoms with E-state index in [0.29, 0.717) is 30.4 Å². The lowest BCUT2D eigenvalue weighted by Gasteiger charge is -2.34. The van der Waals surface area contributed by atoms with Crippen LogP contribution in [0.1, 0.15) is 35.8 Å². The summed E-state index contributed by atoms with van der Waals surface area (Å²) < 4.78 is 5.26. The van der Waals surface area contributed by atoms with Crippen molar-refractivity contribution in [3.05, 3.63) is 64.8 Å². The van der Waals surface area contributed by atoms with Gasteiger partial charge < -0.3 is 19.9 Å². The first kappa shape index (κ1) is 22.2. The van der Waals surface area contributed by atoms with Gasteiger partial charge in [-0.1, -0.05) is 30.7 Å². The highest BCUT2D eigenvalue weighted by atomic mass is 35.5. The molecule has 1 atom stereocenters. The van der Waals surface area contributed by atoms with Crippen molar-refractivity contribution < 1.29 is 14.3 Å². The van der Waals surface area contributed by atoms with Gasteiger partial charge in [0.25, 0.3) is 5.91 Å². The Kier molecular flexibility index (Phi) is 6.70. The highest BCUT2D eigenvalue weighted by molar-refractivity contribution is 6.30. The number of likely N-dealkylation sites (tertiary alicyclic amines) is 1. The molecule has 32 heavy (non-hydrogen) atoms. The molecule has 2 aromatic carbocycles. The summed E-state index contributed by atoms with van der Waals surface area (Å²) in [5.41, 5.74) is 2.49. The van der Waals surface area contributed by atoms with Gasteiger partial charge in [-0.2, -0.15) is 0 Å². The fourth-order valence-corrected chi connectivity index (χ4v) is 4.41. The molecule has 2 heterocycles. The standard InChI is InChI=1S/C25H28ClN3O3/c1-16(24(30)27-15-17-3-6-20(26)7-4-17)18-9-11-29(12-10-18)25(31)23-13-19-5-8-21(32-2)14-22(19)28-23/h3-8,13-14,16,18,28H,9-12,15H2,1-2H3,(H,27,30). The number of fused-ring (bicyclic) bond motifs is 1. The zero-order valence-corrected chi connectivity index (χ0v) is 19.1. The molecule has 0 spiro atoms. The van der Waals surface area contributed by atoms with E-state index in [2.05, 4.69) is 10.3 Å². The first-order valence-corrected chi connectivity index (χ1v) is 11.3. The van der Waals surface area contributed by atoms with Crippen LogP contribution in [-0.4, -0.2) is 41.9 Å². The van der Waals surface area contributed by atoms with Crippen molar-refractivity contribution in [2.75, 3.05) is 20.2 Å². The van der Waals surface area contributed by atoms with Gasteiger partial charge in [0.05, 0.1) is 7.11 Å². The predicted octanol–water partition coefficient (Wildman–Crippen LogP) is 4.63. The van der Waals surface area contributed by atoms with Gasteiger partial charge in [0, 0.05) is 47.5 Å². The number of amides is 2. The lowest BCUT2D eigenvalue weighted by molar-refractivity contribution is -0.126. The van der Waals surface area contributed by atoms with Crippen LogP contribution in [0.2, 0.25) is 5.02 Å². The van der Waals surface area contributed by atoms with Gasteiger partial charge in [0.2, 0.25) is 5.91 Å². The van der Waals surface area contributed by atoms with Crippen LogP contribution in [0.4, 0.5) is 0 Å².